The van der Waals surface area contributed by atoms with E-state index in [4.69, 9.17) is 4.74 Å². The Labute approximate surface area is 166 Å². The maximum atomic E-state index is 13.0. The second-order valence-corrected chi connectivity index (χ2v) is 7.55. The number of amides is 1. The van der Waals surface area contributed by atoms with E-state index in [0.29, 0.717) is 0 Å². The highest BCUT2D eigenvalue weighted by Gasteiger charge is 2.34. The van der Waals surface area contributed by atoms with E-state index in [1.165, 1.54) is 11.1 Å². The maximum absolute atomic E-state index is 13.0. The van der Waals surface area contributed by atoms with Gasteiger partial charge in [-0.05, 0) is 31.0 Å². The molecule has 4 rings (SSSR count). The molecule has 1 amide bonds. The van der Waals surface area contributed by atoms with Crippen LogP contribution in [-0.4, -0.2) is 50.1 Å². The largest absolute Gasteiger partial charge is 0.497 e. The number of nitrogens with one attached hydrogen (secondary N) is 2. The van der Waals surface area contributed by atoms with Crippen LogP contribution < -0.4 is 20.5 Å². The molecule has 2 aliphatic rings. The molecule has 0 aromatic heterocycles. The molecule has 2 fully saturated rings. The number of piperazine rings is 1. The number of hydrogen-bond acceptors (Lipinski definition) is 5. The second-order valence-electron chi connectivity index (χ2n) is 7.55. The monoisotopic (exact) mass is 380 g/mol. The molecule has 2 aromatic carbocycles. The smallest absolute Gasteiger partial charge is 0.241 e. The predicted octanol–water partition coefficient (Wildman–Crippen LogP) is 2.26. The van der Waals surface area contributed by atoms with Crippen molar-refractivity contribution in [2.45, 2.75) is 25.4 Å². The van der Waals surface area contributed by atoms with Gasteiger partial charge in [0.15, 0.2) is 0 Å². The first-order chi connectivity index (χ1) is 13.6. The Kier molecular flexibility index (Phi) is 5.50. The van der Waals surface area contributed by atoms with Crippen LogP contribution in [-0.2, 0) is 4.79 Å². The van der Waals surface area contributed by atoms with Gasteiger partial charge in [0.25, 0.3) is 0 Å². The molecule has 2 N–H and O–H groups in total. The van der Waals surface area contributed by atoms with Gasteiger partial charge in [-0.25, -0.2) is 10.9 Å². The molecule has 6 nitrogen and oxygen atoms in total. The fourth-order valence-corrected chi connectivity index (χ4v) is 3.95. The number of carbonyl (C=O) groups excluding carboxylic acids is 1. The SMILES string of the molecule is COc1cccc(N2CCN(C(=O)C3CC(c4ccc(C)cc4)NN3)CC2)c1. The van der Waals surface area contributed by atoms with Gasteiger partial charge in [0.1, 0.15) is 11.8 Å². The van der Waals surface area contributed by atoms with E-state index in [9.17, 15) is 4.79 Å². The highest BCUT2D eigenvalue weighted by atomic mass is 16.5. The zero-order valence-electron chi connectivity index (χ0n) is 16.5. The summed E-state index contributed by atoms with van der Waals surface area (Å²) in [5.41, 5.74) is 10.1. The van der Waals surface area contributed by atoms with E-state index >= 15 is 0 Å². The van der Waals surface area contributed by atoms with E-state index in [-0.39, 0.29) is 18.0 Å². The minimum Gasteiger partial charge on any atom is -0.497 e. The first-order valence-corrected chi connectivity index (χ1v) is 9.89. The Morgan fingerprint density at radius 2 is 1.79 bits per heavy atom. The molecule has 0 bridgehead atoms. The van der Waals surface area contributed by atoms with Crippen molar-refractivity contribution >= 4 is 11.6 Å². The van der Waals surface area contributed by atoms with Crippen LogP contribution >= 0.6 is 0 Å². The van der Waals surface area contributed by atoms with Crippen LogP contribution in [0.5, 0.6) is 5.75 Å². The van der Waals surface area contributed by atoms with E-state index < -0.39 is 0 Å². The highest BCUT2D eigenvalue weighted by molar-refractivity contribution is 5.82. The van der Waals surface area contributed by atoms with Crippen molar-refractivity contribution in [1.82, 2.24) is 15.8 Å². The molecule has 2 heterocycles. The summed E-state index contributed by atoms with van der Waals surface area (Å²) < 4.78 is 5.32. The number of hydrazine groups is 1. The fourth-order valence-electron chi connectivity index (χ4n) is 3.95. The van der Waals surface area contributed by atoms with Crippen molar-refractivity contribution in [2.24, 2.45) is 0 Å². The van der Waals surface area contributed by atoms with Gasteiger partial charge in [0.2, 0.25) is 5.91 Å². The quantitative estimate of drug-likeness (QED) is 0.852. The third kappa shape index (κ3) is 3.98. The molecule has 2 aliphatic heterocycles. The molecular weight excluding hydrogens is 352 g/mol. The number of nitrogens with zero attached hydrogens (tertiary/aromatic N) is 2. The summed E-state index contributed by atoms with van der Waals surface area (Å²) >= 11 is 0. The van der Waals surface area contributed by atoms with Crippen molar-refractivity contribution < 1.29 is 9.53 Å². The van der Waals surface area contributed by atoms with Gasteiger partial charge >= 0.3 is 0 Å². The number of hydrogen-bond donors (Lipinski definition) is 2. The summed E-state index contributed by atoms with van der Waals surface area (Å²) in [6.45, 7) is 5.23. The third-order valence-corrected chi connectivity index (χ3v) is 5.69. The number of anilines is 1. The number of benzene rings is 2. The van der Waals surface area contributed by atoms with Gasteiger partial charge < -0.3 is 14.5 Å². The van der Waals surface area contributed by atoms with E-state index in [1.54, 1.807) is 7.11 Å². The van der Waals surface area contributed by atoms with E-state index in [1.807, 2.05) is 23.1 Å². The molecule has 0 aliphatic carbocycles. The molecule has 2 saturated heterocycles. The van der Waals surface area contributed by atoms with Crippen LogP contribution in [0.15, 0.2) is 48.5 Å². The molecule has 2 unspecified atom stereocenters. The summed E-state index contributed by atoms with van der Waals surface area (Å²) in [6, 6.07) is 16.6. The number of methoxy groups -OCH3 is 1. The Morgan fingerprint density at radius 1 is 1.04 bits per heavy atom. The second kappa shape index (κ2) is 8.20. The Balaban J connectivity index is 1.32. The summed E-state index contributed by atoms with van der Waals surface area (Å²) in [7, 11) is 1.68. The highest BCUT2D eigenvalue weighted by Crippen LogP contribution is 2.25. The van der Waals surface area contributed by atoms with Gasteiger partial charge in [0.05, 0.1) is 7.11 Å². The Bertz CT molecular complexity index is 816. The van der Waals surface area contributed by atoms with E-state index in [2.05, 4.69) is 53.0 Å². The number of carbonyl (C=O) groups is 1. The van der Waals surface area contributed by atoms with Gasteiger partial charge in [-0.1, -0.05) is 35.9 Å². The van der Waals surface area contributed by atoms with Crippen molar-refractivity contribution in [2.75, 3.05) is 38.2 Å². The summed E-state index contributed by atoms with van der Waals surface area (Å²) in [5.74, 6) is 1.05. The molecule has 0 saturated carbocycles. The van der Waals surface area contributed by atoms with Crippen LogP contribution in [0.2, 0.25) is 0 Å². The number of ether oxygens (including phenoxy) is 1. The van der Waals surface area contributed by atoms with Crippen LogP contribution in [0.25, 0.3) is 0 Å². The molecule has 2 aromatic rings. The van der Waals surface area contributed by atoms with Gasteiger partial charge in [0, 0.05) is 44.0 Å². The normalized spacial score (nSPS) is 22.4. The van der Waals surface area contributed by atoms with Crippen LogP contribution in [0.4, 0.5) is 5.69 Å². The minimum atomic E-state index is -0.172. The average Bonchev–Trinajstić information content (AvgIpc) is 3.24. The fraction of sp³-hybridized carbons (Fsp3) is 0.409. The topological polar surface area (TPSA) is 56.8 Å². The Hall–Kier alpha value is -2.57. The lowest BCUT2D eigenvalue weighted by molar-refractivity contribution is -0.133. The van der Waals surface area contributed by atoms with Crippen molar-refractivity contribution in [3.8, 4) is 5.75 Å². The van der Waals surface area contributed by atoms with Crippen LogP contribution in [0.1, 0.15) is 23.6 Å². The van der Waals surface area contributed by atoms with Gasteiger partial charge in [-0.3, -0.25) is 4.79 Å². The number of aryl methyl sites for hydroxylation is 1. The molecule has 28 heavy (non-hydrogen) atoms. The summed E-state index contributed by atoms with van der Waals surface area (Å²) in [5, 5.41) is 0. The summed E-state index contributed by atoms with van der Waals surface area (Å²) in [6.07, 6.45) is 0.776. The Morgan fingerprint density at radius 3 is 2.50 bits per heavy atom. The van der Waals surface area contributed by atoms with Crippen LogP contribution in [0.3, 0.4) is 0 Å². The average molecular weight is 380 g/mol. The standard InChI is InChI=1S/C22H28N4O2/c1-16-6-8-17(9-7-16)20-15-21(24-23-20)22(27)26-12-10-25(11-13-26)18-4-3-5-19(14-18)28-2/h3-9,14,20-21,23-24H,10-13,15H2,1-2H3. The van der Waals surface area contributed by atoms with Gasteiger partial charge in [-0.2, -0.15) is 0 Å². The van der Waals surface area contributed by atoms with Crippen molar-refractivity contribution in [3.05, 3.63) is 59.7 Å². The first kappa shape index (κ1) is 18.8. The molecule has 0 radical (unpaired) electrons. The molecular formula is C22H28N4O2. The lowest BCUT2D eigenvalue weighted by Crippen LogP contribution is -2.53. The molecule has 2 atom stereocenters. The molecule has 0 spiro atoms. The van der Waals surface area contributed by atoms with Crippen molar-refractivity contribution in [1.29, 1.82) is 0 Å². The maximum Gasteiger partial charge on any atom is 0.241 e. The zero-order chi connectivity index (χ0) is 19.5. The van der Waals surface area contributed by atoms with Crippen LogP contribution in [0, 0.1) is 6.92 Å². The lowest BCUT2D eigenvalue weighted by Gasteiger charge is -2.37. The van der Waals surface area contributed by atoms with E-state index in [0.717, 1.165) is 44.0 Å². The van der Waals surface area contributed by atoms with Crippen molar-refractivity contribution in [3.63, 3.8) is 0 Å². The number of rotatable bonds is 4. The summed E-state index contributed by atoms with van der Waals surface area (Å²) in [4.78, 5) is 17.2. The minimum absolute atomic E-state index is 0.172. The molecule has 6 heteroatoms. The first-order valence-electron chi connectivity index (χ1n) is 9.89. The molecule has 148 valence electrons. The van der Waals surface area contributed by atoms with Gasteiger partial charge in [-0.15, -0.1) is 0 Å². The third-order valence-electron chi connectivity index (χ3n) is 5.69. The zero-order valence-corrected chi connectivity index (χ0v) is 16.5. The predicted molar refractivity (Wildman–Crippen MR) is 110 cm³/mol. The lowest BCUT2D eigenvalue weighted by atomic mass is 10.0.